The number of benzene rings is 2. The summed E-state index contributed by atoms with van der Waals surface area (Å²) in [6.45, 7) is 2.92. The van der Waals surface area contributed by atoms with Gasteiger partial charge < -0.3 is 25.0 Å². The number of carbonyl (C=O) groups is 3. The van der Waals surface area contributed by atoms with Crippen LogP contribution in [-0.2, 0) is 16.1 Å². The molecule has 2 saturated heterocycles. The van der Waals surface area contributed by atoms with Gasteiger partial charge in [0.15, 0.2) is 0 Å². The first-order valence-corrected chi connectivity index (χ1v) is 14.8. The number of aromatic nitrogens is 2. The topological polar surface area (TPSA) is 126 Å². The summed E-state index contributed by atoms with van der Waals surface area (Å²) in [6.07, 6.45) is 6.27. The SMILES string of the molecule is CN1C(=O)c2cc(NC(=O)c3cnccn3)ccc2OC[C@H]2O[C@@H](CC(=O)N[C@@H]3CCN(Cc4ccccc4)C3)CC[C@@H]21. The summed E-state index contributed by atoms with van der Waals surface area (Å²) in [5.74, 6) is -0.236. The molecule has 0 radical (unpaired) electrons. The van der Waals surface area contributed by atoms with E-state index in [1.807, 2.05) is 18.2 Å². The van der Waals surface area contributed by atoms with Gasteiger partial charge in [-0.05, 0) is 43.0 Å². The summed E-state index contributed by atoms with van der Waals surface area (Å²) < 4.78 is 12.4. The fourth-order valence-electron chi connectivity index (χ4n) is 6.15. The second kappa shape index (κ2) is 12.9. The molecule has 4 heterocycles. The number of nitrogens with zero attached hydrogens (tertiary/aromatic N) is 4. The summed E-state index contributed by atoms with van der Waals surface area (Å²) in [6, 6.07) is 15.3. The van der Waals surface area contributed by atoms with Crippen LogP contribution in [0.2, 0.25) is 0 Å². The summed E-state index contributed by atoms with van der Waals surface area (Å²) in [5.41, 5.74) is 2.26. The standard InChI is InChI=1S/C32H36N6O5/c1-37-27-9-8-24(16-30(39)35-23-11-14-38(19-23)18-21-5-3-2-4-6-21)43-29(27)20-42-28-10-7-22(15-25(28)32(37)41)36-31(40)26-17-33-12-13-34-26/h2-7,10,12-13,15,17,23-24,27,29H,8-9,11,14,16,18-20H2,1H3,(H,35,39)(H,36,40)/t23-,24-,27+,29-/m1/s1. The number of ether oxygens (including phenoxy) is 2. The maximum absolute atomic E-state index is 13.5. The van der Waals surface area contributed by atoms with Crippen molar-refractivity contribution in [1.29, 1.82) is 0 Å². The van der Waals surface area contributed by atoms with E-state index in [9.17, 15) is 14.4 Å². The number of fused-ring (bicyclic) bond motifs is 2. The molecule has 2 aromatic carbocycles. The quantitative estimate of drug-likeness (QED) is 0.434. The van der Waals surface area contributed by atoms with E-state index in [0.29, 0.717) is 29.8 Å². The maximum atomic E-state index is 13.5. The zero-order chi connectivity index (χ0) is 29.8. The lowest BCUT2D eigenvalue weighted by atomic mass is 9.94. The largest absolute Gasteiger partial charge is 0.490 e. The highest BCUT2D eigenvalue weighted by molar-refractivity contribution is 6.04. The van der Waals surface area contributed by atoms with E-state index in [0.717, 1.165) is 26.1 Å². The van der Waals surface area contributed by atoms with Gasteiger partial charge in [0.05, 0.1) is 30.3 Å². The third-order valence-electron chi connectivity index (χ3n) is 8.36. The summed E-state index contributed by atoms with van der Waals surface area (Å²) >= 11 is 0. The minimum atomic E-state index is -0.422. The zero-order valence-corrected chi connectivity index (χ0v) is 24.1. The maximum Gasteiger partial charge on any atom is 0.275 e. The first-order chi connectivity index (χ1) is 20.9. The van der Waals surface area contributed by atoms with Crippen LogP contribution in [0.4, 0.5) is 5.69 Å². The van der Waals surface area contributed by atoms with Crippen molar-refractivity contribution >= 4 is 23.4 Å². The van der Waals surface area contributed by atoms with Crippen molar-refractivity contribution in [3.8, 4) is 5.75 Å². The van der Waals surface area contributed by atoms with E-state index >= 15 is 0 Å². The van der Waals surface area contributed by atoms with Crippen LogP contribution in [0.15, 0.2) is 67.1 Å². The van der Waals surface area contributed by atoms with Crippen LogP contribution in [0.3, 0.4) is 0 Å². The van der Waals surface area contributed by atoms with Crippen LogP contribution >= 0.6 is 0 Å². The van der Waals surface area contributed by atoms with Crippen molar-refractivity contribution in [3.63, 3.8) is 0 Å². The van der Waals surface area contributed by atoms with Crippen LogP contribution in [-0.4, -0.2) is 88.5 Å². The molecule has 11 nitrogen and oxygen atoms in total. The molecule has 0 bridgehead atoms. The smallest absolute Gasteiger partial charge is 0.275 e. The lowest BCUT2D eigenvalue weighted by Crippen LogP contribution is -2.54. The number of hydrogen-bond acceptors (Lipinski definition) is 8. The molecular weight excluding hydrogens is 548 g/mol. The third-order valence-corrected chi connectivity index (χ3v) is 8.36. The Bertz CT molecular complexity index is 1460. The molecule has 3 aliphatic heterocycles. The molecule has 224 valence electrons. The molecule has 3 aromatic rings. The van der Waals surface area contributed by atoms with Gasteiger partial charge in [-0.25, -0.2) is 4.98 Å². The molecule has 3 aliphatic rings. The molecule has 0 aliphatic carbocycles. The van der Waals surface area contributed by atoms with Crippen molar-refractivity contribution in [2.75, 3.05) is 32.1 Å². The number of rotatable bonds is 7. The number of likely N-dealkylation sites (tertiary alicyclic amines) is 1. The molecule has 11 heteroatoms. The number of carbonyl (C=O) groups excluding carboxylic acids is 3. The minimum Gasteiger partial charge on any atom is -0.490 e. The minimum absolute atomic E-state index is 0.00684. The second-order valence-corrected chi connectivity index (χ2v) is 11.4. The highest BCUT2D eigenvalue weighted by Gasteiger charge is 2.39. The third kappa shape index (κ3) is 6.84. The van der Waals surface area contributed by atoms with Crippen LogP contribution in [0.5, 0.6) is 5.75 Å². The van der Waals surface area contributed by atoms with Crippen molar-refractivity contribution in [3.05, 3.63) is 83.9 Å². The fourth-order valence-corrected chi connectivity index (χ4v) is 6.15. The van der Waals surface area contributed by atoms with Gasteiger partial charge in [-0.2, -0.15) is 0 Å². The molecular formula is C32H36N6O5. The Morgan fingerprint density at radius 1 is 1.07 bits per heavy atom. The summed E-state index contributed by atoms with van der Waals surface area (Å²) in [4.78, 5) is 51.0. The summed E-state index contributed by atoms with van der Waals surface area (Å²) in [5, 5.41) is 5.97. The van der Waals surface area contributed by atoms with E-state index in [1.165, 1.54) is 24.2 Å². The lowest BCUT2D eigenvalue weighted by molar-refractivity contribution is -0.134. The first-order valence-electron chi connectivity index (χ1n) is 14.8. The van der Waals surface area contributed by atoms with Crippen LogP contribution in [0.25, 0.3) is 0 Å². The van der Waals surface area contributed by atoms with Crippen molar-refractivity contribution < 1.29 is 23.9 Å². The van der Waals surface area contributed by atoms with Crippen molar-refractivity contribution in [2.45, 2.75) is 56.5 Å². The Labute approximate surface area is 250 Å². The highest BCUT2D eigenvalue weighted by Crippen LogP contribution is 2.32. The van der Waals surface area contributed by atoms with Gasteiger partial charge in [-0.1, -0.05) is 30.3 Å². The molecule has 0 saturated carbocycles. The van der Waals surface area contributed by atoms with Crippen molar-refractivity contribution in [1.82, 2.24) is 25.1 Å². The van der Waals surface area contributed by atoms with Gasteiger partial charge in [0.2, 0.25) is 5.91 Å². The van der Waals surface area contributed by atoms with Gasteiger partial charge in [-0.15, -0.1) is 0 Å². The molecule has 0 spiro atoms. The zero-order valence-electron chi connectivity index (χ0n) is 24.1. The van der Waals surface area contributed by atoms with Gasteiger partial charge >= 0.3 is 0 Å². The molecule has 6 rings (SSSR count). The highest BCUT2D eigenvalue weighted by atomic mass is 16.5. The number of anilines is 1. The second-order valence-electron chi connectivity index (χ2n) is 11.4. The Morgan fingerprint density at radius 3 is 2.74 bits per heavy atom. The summed E-state index contributed by atoms with van der Waals surface area (Å²) in [7, 11) is 1.76. The fraction of sp³-hybridized carbons (Fsp3) is 0.406. The van der Waals surface area contributed by atoms with E-state index < -0.39 is 5.91 Å². The van der Waals surface area contributed by atoms with E-state index in [1.54, 1.807) is 30.1 Å². The Morgan fingerprint density at radius 2 is 1.93 bits per heavy atom. The molecule has 43 heavy (non-hydrogen) atoms. The average Bonchev–Trinajstić information content (AvgIpc) is 3.46. The number of nitrogens with one attached hydrogen (secondary N) is 2. The van der Waals surface area contributed by atoms with Crippen LogP contribution in [0, 0.1) is 0 Å². The van der Waals surface area contributed by atoms with E-state index in [-0.39, 0.29) is 54.8 Å². The van der Waals surface area contributed by atoms with Gasteiger partial charge in [0.1, 0.15) is 24.2 Å². The van der Waals surface area contributed by atoms with Crippen LogP contribution < -0.4 is 15.4 Å². The van der Waals surface area contributed by atoms with Gasteiger partial charge in [0.25, 0.3) is 11.8 Å². The Hall–Kier alpha value is -4.35. The normalized spacial score (nSPS) is 23.7. The molecule has 2 N–H and O–H groups in total. The predicted molar refractivity (Wildman–Crippen MR) is 159 cm³/mol. The average molecular weight is 585 g/mol. The Kier molecular flexibility index (Phi) is 8.62. The van der Waals surface area contributed by atoms with Crippen LogP contribution in [0.1, 0.15) is 52.1 Å². The van der Waals surface area contributed by atoms with Gasteiger partial charge in [0, 0.05) is 50.8 Å². The number of hydrogen-bond donors (Lipinski definition) is 2. The van der Waals surface area contributed by atoms with Crippen molar-refractivity contribution in [2.24, 2.45) is 0 Å². The first kappa shape index (κ1) is 28.8. The molecule has 2 fully saturated rings. The van der Waals surface area contributed by atoms with E-state index in [4.69, 9.17) is 9.47 Å². The predicted octanol–water partition coefficient (Wildman–Crippen LogP) is 2.89. The number of likely N-dealkylation sites (N-methyl/N-ethyl adjacent to an activating group) is 1. The molecule has 3 amide bonds. The van der Waals surface area contributed by atoms with Gasteiger partial charge in [-0.3, -0.25) is 24.3 Å². The lowest BCUT2D eigenvalue weighted by Gasteiger charge is -2.42. The molecule has 1 aromatic heterocycles. The van der Waals surface area contributed by atoms with E-state index in [2.05, 4.69) is 37.6 Å². The Balaban J connectivity index is 1.03. The monoisotopic (exact) mass is 584 g/mol. The number of amides is 3. The molecule has 0 unspecified atom stereocenters. The molecule has 4 atom stereocenters.